The topological polar surface area (TPSA) is 120 Å². The monoisotopic (exact) mass is 381 g/mol. The molecule has 0 aliphatic rings. The van der Waals surface area contributed by atoms with Crippen LogP contribution in [0.15, 0.2) is 48.5 Å². The summed E-state index contributed by atoms with van der Waals surface area (Å²) >= 11 is 0. The zero-order chi connectivity index (χ0) is 19.5. The first-order valence-corrected chi connectivity index (χ1v) is 8.12. The van der Waals surface area contributed by atoms with E-state index in [9.17, 15) is 8.78 Å². The smallest absolute Gasteiger partial charge is 0.232 e. The Balaban J connectivity index is 1.53. The third kappa shape index (κ3) is 4.03. The molecular formula is C17H13F2N9. The average Bonchev–Trinajstić information content (AvgIpc) is 3.12. The van der Waals surface area contributed by atoms with Gasteiger partial charge in [0.2, 0.25) is 17.7 Å². The summed E-state index contributed by atoms with van der Waals surface area (Å²) in [6.07, 6.45) is 0. The lowest BCUT2D eigenvalue weighted by Gasteiger charge is -2.07. The lowest BCUT2D eigenvalue weighted by atomic mass is 10.2. The quantitative estimate of drug-likeness (QED) is 0.540. The standard InChI is InChI=1S/C17H13F2N9/c18-11-4-6-13(7-5-11)21-17-23-14(22-16(20)24-17)9-28-26-15(25-27-28)10-2-1-3-12(19)8-10/h1-8H,9H2,(H3,20,21,22,23,24). The van der Waals surface area contributed by atoms with Crippen LogP contribution in [0.4, 0.5) is 26.4 Å². The van der Waals surface area contributed by atoms with Crippen LogP contribution < -0.4 is 11.1 Å². The minimum Gasteiger partial charge on any atom is -0.368 e. The van der Waals surface area contributed by atoms with Gasteiger partial charge in [-0.05, 0) is 41.6 Å². The fourth-order valence-electron chi connectivity index (χ4n) is 2.41. The Kier molecular flexibility index (Phi) is 4.54. The third-order valence-electron chi connectivity index (χ3n) is 3.62. The molecule has 11 heteroatoms. The lowest BCUT2D eigenvalue weighted by molar-refractivity contribution is 0.554. The van der Waals surface area contributed by atoms with Crippen LogP contribution in [0.1, 0.15) is 5.82 Å². The minimum absolute atomic E-state index is 0.0000749. The number of nitrogens with zero attached hydrogens (tertiary/aromatic N) is 7. The first-order valence-electron chi connectivity index (χ1n) is 8.12. The Morgan fingerprint density at radius 2 is 1.79 bits per heavy atom. The van der Waals surface area contributed by atoms with Crippen molar-refractivity contribution in [1.29, 1.82) is 0 Å². The van der Waals surface area contributed by atoms with Gasteiger partial charge < -0.3 is 11.1 Å². The van der Waals surface area contributed by atoms with Gasteiger partial charge in [-0.25, -0.2) is 8.78 Å². The van der Waals surface area contributed by atoms with Crippen LogP contribution in [0.2, 0.25) is 0 Å². The van der Waals surface area contributed by atoms with Gasteiger partial charge in [0, 0.05) is 11.3 Å². The van der Waals surface area contributed by atoms with Gasteiger partial charge in [0.15, 0.2) is 5.82 Å². The highest BCUT2D eigenvalue weighted by Gasteiger charge is 2.10. The minimum atomic E-state index is -0.393. The molecule has 0 aliphatic carbocycles. The third-order valence-corrected chi connectivity index (χ3v) is 3.62. The van der Waals surface area contributed by atoms with E-state index in [-0.39, 0.29) is 30.1 Å². The molecule has 0 aliphatic heterocycles. The van der Waals surface area contributed by atoms with Gasteiger partial charge in [0.25, 0.3) is 0 Å². The molecule has 4 aromatic rings. The maximum atomic E-state index is 13.3. The number of rotatable bonds is 5. The fraction of sp³-hybridized carbons (Fsp3) is 0.0588. The molecule has 0 unspecified atom stereocenters. The van der Waals surface area contributed by atoms with Gasteiger partial charge >= 0.3 is 0 Å². The number of hydrogen-bond donors (Lipinski definition) is 2. The second-order valence-electron chi connectivity index (χ2n) is 5.72. The van der Waals surface area contributed by atoms with Crippen molar-refractivity contribution in [2.75, 3.05) is 11.1 Å². The van der Waals surface area contributed by atoms with Crippen LogP contribution in [0.3, 0.4) is 0 Å². The molecule has 2 heterocycles. The summed E-state index contributed by atoms with van der Waals surface area (Å²) in [4.78, 5) is 13.6. The Morgan fingerprint density at radius 1 is 0.964 bits per heavy atom. The number of nitrogens with two attached hydrogens (primary N) is 1. The summed E-state index contributed by atoms with van der Waals surface area (Å²) in [7, 11) is 0. The van der Waals surface area contributed by atoms with Gasteiger partial charge in [0.1, 0.15) is 18.2 Å². The normalized spacial score (nSPS) is 10.8. The van der Waals surface area contributed by atoms with Gasteiger partial charge in [-0.3, -0.25) is 0 Å². The molecule has 3 N–H and O–H groups in total. The Hall–Kier alpha value is -4.02. The van der Waals surface area contributed by atoms with Crippen molar-refractivity contribution >= 4 is 17.6 Å². The fourth-order valence-corrected chi connectivity index (χ4v) is 2.41. The van der Waals surface area contributed by atoms with Crippen molar-refractivity contribution < 1.29 is 8.78 Å². The number of halogens is 2. The van der Waals surface area contributed by atoms with E-state index in [1.54, 1.807) is 24.3 Å². The molecular weight excluding hydrogens is 368 g/mol. The summed E-state index contributed by atoms with van der Waals surface area (Å²) in [5.74, 6) is 0.00880. The van der Waals surface area contributed by atoms with E-state index in [2.05, 4.69) is 35.7 Å². The Bertz CT molecular complexity index is 1110. The molecule has 0 radical (unpaired) electrons. The highest BCUT2D eigenvalue weighted by atomic mass is 19.1. The van der Waals surface area contributed by atoms with Crippen LogP contribution in [-0.4, -0.2) is 35.2 Å². The summed E-state index contributed by atoms with van der Waals surface area (Å²) in [5.41, 5.74) is 6.82. The first-order chi connectivity index (χ1) is 13.5. The predicted octanol–water partition coefficient (Wildman–Crippen LogP) is 2.18. The van der Waals surface area contributed by atoms with Gasteiger partial charge in [-0.15, -0.1) is 10.2 Å². The van der Waals surface area contributed by atoms with Gasteiger partial charge in [-0.2, -0.15) is 19.7 Å². The summed E-state index contributed by atoms with van der Waals surface area (Å²) in [6.45, 7) is 0.0765. The molecule has 0 atom stereocenters. The highest BCUT2D eigenvalue weighted by molar-refractivity contribution is 5.54. The number of anilines is 3. The molecule has 0 saturated heterocycles. The van der Waals surface area contributed by atoms with Crippen molar-refractivity contribution in [2.45, 2.75) is 6.54 Å². The van der Waals surface area contributed by atoms with Crippen molar-refractivity contribution in [3.8, 4) is 11.4 Å². The van der Waals surface area contributed by atoms with Crippen LogP contribution >= 0.6 is 0 Å². The average molecular weight is 381 g/mol. The second-order valence-corrected chi connectivity index (χ2v) is 5.72. The number of hydrogen-bond acceptors (Lipinski definition) is 8. The summed E-state index contributed by atoms with van der Waals surface area (Å²) < 4.78 is 26.4. The van der Waals surface area contributed by atoms with Crippen LogP contribution in [0.25, 0.3) is 11.4 Å². The van der Waals surface area contributed by atoms with Gasteiger partial charge in [-0.1, -0.05) is 12.1 Å². The van der Waals surface area contributed by atoms with Crippen molar-refractivity contribution in [2.24, 2.45) is 0 Å². The highest BCUT2D eigenvalue weighted by Crippen LogP contribution is 2.16. The molecule has 140 valence electrons. The largest absolute Gasteiger partial charge is 0.368 e. The number of nitrogens with one attached hydrogen (secondary N) is 1. The zero-order valence-electron chi connectivity index (χ0n) is 14.3. The van der Waals surface area contributed by atoms with Crippen LogP contribution in [0.5, 0.6) is 0 Å². The molecule has 2 aromatic carbocycles. The number of benzene rings is 2. The Labute approximate surface area is 157 Å². The molecule has 2 aromatic heterocycles. The maximum Gasteiger partial charge on any atom is 0.232 e. The first kappa shape index (κ1) is 17.4. The van der Waals surface area contributed by atoms with Crippen LogP contribution in [-0.2, 0) is 6.54 Å². The molecule has 0 saturated carbocycles. The van der Waals surface area contributed by atoms with E-state index in [0.717, 1.165) is 0 Å². The molecule has 28 heavy (non-hydrogen) atoms. The molecule has 0 amide bonds. The van der Waals surface area contributed by atoms with Crippen molar-refractivity contribution in [1.82, 2.24) is 35.2 Å². The molecule has 4 rings (SSSR count). The molecule has 0 spiro atoms. The zero-order valence-corrected chi connectivity index (χ0v) is 14.3. The molecule has 0 bridgehead atoms. The van der Waals surface area contributed by atoms with Gasteiger partial charge in [0.05, 0.1) is 0 Å². The predicted molar refractivity (Wildman–Crippen MR) is 96.2 cm³/mol. The van der Waals surface area contributed by atoms with Crippen molar-refractivity contribution in [3.05, 3.63) is 66.0 Å². The molecule has 9 nitrogen and oxygen atoms in total. The second kappa shape index (κ2) is 7.31. The number of nitrogen functional groups attached to an aromatic ring is 1. The van der Waals surface area contributed by atoms with E-state index in [1.807, 2.05) is 0 Å². The number of aromatic nitrogens is 7. The summed E-state index contributed by atoms with van der Waals surface area (Å²) in [5, 5.41) is 14.9. The van der Waals surface area contributed by atoms with E-state index >= 15 is 0 Å². The molecule has 0 fully saturated rings. The lowest BCUT2D eigenvalue weighted by Crippen LogP contribution is -2.12. The summed E-state index contributed by atoms with van der Waals surface area (Å²) in [6, 6.07) is 11.6. The van der Waals surface area contributed by atoms with E-state index in [1.165, 1.54) is 29.1 Å². The van der Waals surface area contributed by atoms with E-state index in [0.29, 0.717) is 17.1 Å². The van der Waals surface area contributed by atoms with Crippen molar-refractivity contribution in [3.63, 3.8) is 0 Å². The van der Waals surface area contributed by atoms with Crippen LogP contribution in [0, 0.1) is 11.6 Å². The van der Waals surface area contributed by atoms with E-state index in [4.69, 9.17) is 5.73 Å². The van der Waals surface area contributed by atoms with E-state index < -0.39 is 5.82 Å². The number of tetrazole rings is 1. The SMILES string of the molecule is Nc1nc(Cn2nnc(-c3cccc(F)c3)n2)nc(Nc2ccc(F)cc2)n1. The Morgan fingerprint density at radius 3 is 2.57 bits per heavy atom. The maximum absolute atomic E-state index is 13.3.